The maximum atomic E-state index is 12.9. The molecule has 1 aliphatic heterocycles. The van der Waals surface area contributed by atoms with Gasteiger partial charge in [-0.05, 0) is 43.0 Å². The van der Waals surface area contributed by atoms with E-state index in [1.54, 1.807) is 17.9 Å². The van der Waals surface area contributed by atoms with E-state index in [0.717, 1.165) is 21.5 Å². The summed E-state index contributed by atoms with van der Waals surface area (Å²) in [6.45, 7) is 2.94. The summed E-state index contributed by atoms with van der Waals surface area (Å²) in [7, 11) is 0. The molecule has 0 saturated heterocycles. The molecule has 0 radical (unpaired) electrons. The summed E-state index contributed by atoms with van der Waals surface area (Å²) < 4.78 is 59.6. The smallest absolute Gasteiger partial charge is 0.475 e. The van der Waals surface area contributed by atoms with Gasteiger partial charge in [0.05, 0.1) is 24.1 Å². The van der Waals surface area contributed by atoms with Gasteiger partial charge in [0.1, 0.15) is 12.1 Å². The number of carbonyl (C=O) groups is 2. The molecule has 0 saturated carbocycles. The van der Waals surface area contributed by atoms with Crippen LogP contribution in [0.25, 0.3) is 5.82 Å². The van der Waals surface area contributed by atoms with Crippen LogP contribution in [0.1, 0.15) is 23.1 Å². The highest BCUT2D eigenvalue weighted by Gasteiger charge is 2.38. The molecule has 0 bridgehead atoms. The van der Waals surface area contributed by atoms with Crippen molar-refractivity contribution in [2.24, 2.45) is 5.73 Å². The van der Waals surface area contributed by atoms with Gasteiger partial charge in [-0.25, -0.2) is 23.8 Å². The van der Waals surface area contributed by atoms with Crippen LogP contribution in [-0.2, 0) is 22.6 Å². The van der Waals surface area contributed by atoms with Crippen molar-refractivity contribution in [2.45, 2.75) is 39.4 Å². The summed E-state index contributed by atoms with van der Waals surface area (Å²) in [5.74, 6) is -2.48. The molecule has 0 atom stereocenters. The van der Waals surface area contributed by atoms with Gasteiger partial charge in [-0.1, -0.05) is 18.2 Å². The van der Waals surface area contributed by atoms with E-state index in [4.69, 9.17) is 15.6 Å². The number of rotatable bonds is 5. The van der Waals surface area contributed by atoms with E-state index in [2.05, 4.69) is 10.1 Å². The summed E-state index contributed by atoms with van der Waals surface area (Å²) in [5, 5.41) is 11.0. The summed E-state index contributed by atoms with van der Waals surface area (Å²) in [6, 6.07) is 7.71. The summed E-state index contributed by atoms with van der Waals surface area (Å²) in [5.41, 5.74) is 8.50. The Balaban J connectivity index is 0.000000532. The van der Waals surface area contributed by atoms with Gasteiger partial charge in [0, 0.05) is 18.5 Å². The molecule has 0 fully saturated rings. The van der Waals surface area contributed by atoms with Gasteiger partial charge in [0.25, 0.3) is 6.08 Å². The molecule has 208 valence electrons. The molecule has 15 heteroatoms. The second kappa shape index (κ2) is 11.6. The summed E-state index contributed by atoms with van der Waals surface area (Å²) in [6.07, 6.45) is -3.17. The maximum absolute atomic E-state index is 12.9. The van der Waals surface area contributed by atoms with E-state index in [1.807, 2.05) is 25.1 Å². The number of amides is 1. The summed E-state index contributed by atoms with van der Waals surface area (Å²) in [4.78, 5) is 40.4. The second-order valence-corrected chi connectivity index (χ2v) is 8.46. The first kappa shape index (κ1) is 29.2. The minimum Gasteiger partial charge on any atom is -0.475 e. The SMILES string of the molecule is Cc1cc(N2C(=O)CCc3cccc(C)c32)cnc1-n1cnn(CC(CN)=C(F)F)c1=O.O=C(O)C(F)(F)F. The third-order valence-electron chi connectivity index (χ3n) is 5.76. The number of aromatic nitrogens is 4. The molecule has 1 aliphatic rings. The van der Waals surface area contributed by atoms with E-state index in [-0.39, 0.29) is 18.0 Å². The highest BCUT2D eigenvalue weighted by Crippen LogP contribution is 2.37. The van der Waals surface area contributed by atoms with Crippen LogP contribution in [0.3, 0.4) is 0 Å². The van der Waals surface area contributed by atoms with Gasteiger partial charge in [-0.3, -0.25) is 9.69 Å². The number of anilines is 2. The van der Waals surface area contributed by atoms with Gasteiger partial charge in [-0.15, -0.1) is 0 Å². The quantitative estimate of drug-likeness (QED) is 0.462. The highest BCUT2D eigenvalue weighted by molar-refractivity contribution is 6.03. The monoisotopic (exact) mass is 554 g/mol. The largest absolute Gasteiger partial charge is 0.490 e. The predicted molar refractivity (Wildman–Crippen MR) is 129 cm³/mol. The molecular weight excluding hydrogens is 531 g/mol. The molecule has 0 aliphatic carbocycles. The van der Waals surface area contributed by atoms with Gasteiger partial charge in [-0.2, -0.15) is 27.1 Å². The minimum atomic E-state index is -5.08. The molecule has 10 nitrogen and oxygen atoms in total. The van der Waals surface area contributed by atoms with Crippen molar-refractivity contribution in [1.82, 2.24) is 19.3 Å². The van der Waals surface area contributed by atoms with Crippen LogP contribution in [0.4, 0.5) is 33.3 Å². The Morgan fingerprint density at radius 2 is 1.79 bits per heavy atom. The van der Waals surface area contributed by atoms with E-state index in [0.29, 0.717) is 29.9 Å². The van der Waals surface area contributed by atoms with E-state index in [1.165, 1.54) is 17.1 Å². The number of carbonyl (C=O) groups excluding carboxylic acids is 1. The number of alkyl halides is 3. The zero-order chi connectivity index (χ0) is 29.1. The van der Waals surface area contributed by atoms with Crippen LogP contribution < -0.4 is 16.3 Å². The number of aryl methyl sites for hydroxylation is 3. The van der Waals surface area contributed by atoms with E-state index in [9.17, 15) is 31.5 Å². The Labute approximate surface area is 217 Å². The van der Waals surface area contributed by atoms with Crippen molar-refractivity contribution in [1.29, 1.82) is 0 Å². The van der Waals surface area contributed by atoms with Crippen molar-refractivity contribution in [3.63, 3.8) is 0 Å². The standard InChI is InChI=1S/C22H22F2N6O2.C2HF3O2/c1-13-4-3-5-15-6-7-18(31)30(19(13)15)17-8-14(2)21(26-10-17)28-12-27-29(22(28)32)11-16(9-25)20(23)24;3-2(4,5)1(6)7/h3-5,8,10,12H,6-7,9,11,25H2,1-2H3;(H,6,7). The van der Waals surface area contributed by atoms with Crippen LogP contribution >= 0.6 is 0 Å². The number of hydrogen-bond donors (Lipinski definition) is 2. The molecular formula is C24H23F5N6O4. The number of benzene rings is 1. The van der Waals surface area contributed by atoms with E-state index >= 15 is 0 Å². The first-order valence-electron chi connectivity index (χ1n) is 11.3. The zero-order valence-corrected chi connectivity index (χ0v) is 20.7. The van der Waals surface area contributed by atoms with Gasteiger partial charge in [0.2, 0.25) is 5.91 Å². The molecule has 39 heavy (non-hydrogen) atoms. The van der Waals surface area contributed by atoms with Crippen LogP contribution in [0.15, 0.2) is 53.2 Å². The number of aliphatic carboxylic acids is 1. The first-order valence-corrected chi connectivity index (χ1v) is 11.3. The van der Waals surface area contributed by atoms with Crippen LogP contribution in [-0.4, -0.2) is 49.0 Å². The number of pyridine rings is 1. The number of carboxylic acids is 1. The lowest BCUT2D eigenvalue weighted by Crippen LogP contribution is -2.32. The molecule has 0 spiro atoms. The molecule has 3 aromatic rings. The Kier molecular flexibility index (Phi) is 8.64. The number of para-hydroxylation sites is 1. The van der Waals surface area contributed by atoms with Gasteiger partial charge in [0.15, 0.2) is 0 Å². The molecule has 2 aromatic heterocycles. The molecule has 3 N–H and O–H groups in total. The zero-order valence-electron chi connectivity index (χ0n) is 20.7. The minimum absolute atomic E-state index is 0.0277. The first-order chi connectivity index (χ1) is 18.3. The fourth-order valence-corrected chi connectivity index (χ4v) is 3.89. The fourth-order valence-electron chi connectivity index (χ4n) is 3.89. The Morgan fingerprint density at radius 1 is 1.13 bits per heavy atom. The van der Waals surface area contributed by atoms with Crippen molar-refractivity contribution in [2.75, 3.05) is 11.4 Å². The number of hydrogen-bond acceptors (Lipinski definition) is 6. The molecule has 0 unspecified atom stereocenters. The topological polar surface area (TPSA) is 136 Å². The van der Waals surface area contributed by atoms with Crippen LogP contribution in [0, 0.1) is 13.8 Å². The number of fused-ring (bicyclic) bond motifs is 1. The normalized spacial score (nSPS) is 12.9. The molecule has 1 aromatic carbocycles. The predicted octanol–water partition coefficient (Wildman–Crippen LogP) is 3.40. The van der Waals surface area contributed by atoms with Gasteiger partial charge < -0.3 is 10.8 Å². The molecule has 1 amide bonds. The Bertz CT molecular complexity index is 1490. The Hall–Kier alpha value is -4.40. The van der Waals surface area contributed by atoms with Crippen molar-refractivity contribution in [3.8, 4) is 5.82 Å². The molecule has 3 heterocycles. The average Bonchev–Trinajstić information content (AvgIpc) is 3.22. The lowest BCUT2D eigenvalue weighted by molar-refractivity contribution is -0.192. The van der Waals surface area contributed by atoms with Crippen molar-refractivity contribution in [3.05, 3.63) is 75.6 Å². The van der Waals surface area contributed by atoms with Crippen molar-refractivity contribution < 1.29 is 36.6 Å². The van der Waals surface area contributed by atoms with Gasteiger partial charge >= 0.3 is 17.8 Å². The third-order valence-corrected chi connectivity index (χ3v) is 5.76. The fraction of sp³-hybridized carbons (Fsp3) is 0.292. The summed E-state index contributed by atoms with van der Waals surface area (Å²) >= 11 is 0. The maximum Gasteiger partial charge on any atom is 0.490 e. The van der Waals surface area contributed by atoms with Crippen LogP contribution in [0.5, 0.6) is 0 Å². The number of nitrogens with two attached hydrogens (primary N) is 1. The lowest BCUT2D eigenvalue weighted by atomic mass is 9.97. The number of nitrogens with zero attached hydrogens (tertiary/aromatic N) is 5. The average molecular weight is 554 g/mol. The van der Waals surface area contributed by atoms with Crippen LogP contribution in [0.2, 0.25) is 0 Å². The highest BCUT2D eigenvalue weighted by atomic mass is 19.4. The number of halogens is 5. The second-order valence-electron chi connectivity index (χ2n) is 8.46. The Morgan fingerprint density at radius 3 is 2.36 bits per heavy atom. The van der Waals surface area contributed by atoms with E-state index < -0.39 is 30.5 Å². The van der Waals surface area contributed by atoms with Crippen molar-refractivity contribution >= 4 is 23.3 Å². The molecule has 4 rings (SSSR count). The number of carboxylic acid groups (broad SMARTS) is 1. The lowest BCUT2D eigenvalue weighted by Gasteiger charge is -2.31. The third kappa shape index (κ3) is 6.37.